The second-order valence-corrected chi connectivity index (χ2v) is 7.18. The van der Waals surface area contributed by atoms with Gasteiger partial charge in [0.1, 0.15) is 5.82 Å². The topological polar surface area (TPSA) is 100 Å². The minimum Gasteiger partial charge on any atom is -0.481 e. The number of imidazole rings is 1. The molecule has 2 heterocycles. The van der Waals surface area contributed by atoms with E-state index in [4.69, 9.17) is 28.3 Å². The zero-order chi connectivity index (χ0) is 21.0. The molecule has 0 aliphatic carbocycles. The molecule has 0 aliphatic rings. The SMILES string of the molecule is CN(CCNC(=O)CCC(=O)O)c1cc(-n2ccnc2)c2ccc(Cl)c(Cl)c2n1. The maximum Gasteiger partial charge on any atom is 0.303 e. The van der Waals surface area contributed by atoms with Crippen molar-refractivity contribution in [1.82, 2.24) is 19.9 Å². The van der Waals surface area contributed by atoms with Crippen LogP contribution in [0.2, 0.25) is 10.0 Å². The van der Waals surface area contributed by atoms with Gasteiger partial charge in [0, 0.05) is 50.4 Å². The Morgan fingerprint density at radius 1 is 1.28 bits per heavy atom. The lowest BCUT2D eigenvalue weighted by molar-refractivity contribution is -0.138. The second-order valence-electron chi connectivity index (χ2n) is 6.39. The van der Waals surface area contributed by atoms with E-state index in [1.807, 2.05) is 34.8 Å². The average molecular weight is 436 g/mol. The highest BCUT2D eigenvalue weighted by atomic mass is 35.5. The van der Waals surface area contributed by atoms with Crippen LogP contribution in [0.4, 0.5) is 5.82 Å². The van der Waals surface area contributed by atoms with Gasteiger partial charge in [0.05, 0.1) is 34.0 Å². The number of carbonyl (C=O) groups excluding carboxylic acids is 1. The first-order chi connectivity index (χ1) is 13.9. The molecule has 2 aromatic heterocycles. The van der Waals surface area contributed by atoms with E-state index in [1.54, 1.807) is 18.6 Å². The summed E-state index contributed by atoms with van der Waals surface area (Å²) in [5.41, 5.74) is 1.41. The molecule has 0 radical (unpaired) electrons. The molecule has 1 amide bonds. The smallest absolute Gasteiger partial charge is 0.303 e. The van der Waals surface area contributed by atoms with Gasteiger partial charge in [0.2, 0.25) is 5.91 Å². The van der Waals surface area contributed by atoms with Crippen LogP contribution < -0.4 is 10.2 Å². The Labute approximate surface area is 177 Å². The number of nitrogens with zero attached hydrogens (tertiary/aromatic N) is 4. The number of nitrogens with one attached hydrogen (secondary N) is 1. The highest BCUT2D eigenvalue weighted by molar-refractivity contribution is 6.45. The van der Waals surface area contributed by atoms with Gasteiger partial charge in [0.15, 0.2) is 0 Å². The fourth-order valence-electron chi connectivity index (χ4n) is 2.80. The quantitative estimate of drug-likeness (QED) is 0.563. The monoisotopic (exact) mass is 435 g/mol. The number of rotatable bonds is 8. The Kier molecular flexibility index (Phi) is 6.56. The summed E-state index contributed by atoms with van der Waals surface area (Å²) in [4.78, 5) is 32.8. The van der Waals surface area contributed by atoms with Crippen molar-refractivity contribution in [2.24, 2.45) is 0 Å². The van der Waals surface area contributed by atoms with E-state index in [-0.39, 0.29) is 18.7 Å². The number of carbonyl (C=O) groups is 2. The van der Waals surface area contributed by atoms with E-state index in [2.05, 4.69) is 15.3 Å². The van der Waals surface area contributed by atoms with Crippen LogP contribution in [0.15, 0.2) is 36.9 Å². The van der Waals surface area contributed by atoms with Crippen LogP contribution in [0.25, 0.3) is 16.6 Å². The number of aliphatic carboxylic acids is 1. The Balaban J connectivity index is 1.82. The number of likely N-dealkylation sites (N-methyl/N-ethyl adjacent to an activating group) is 1. The molecule has 0 saturated carbocycles. The van der Waals surface area contributed by atoms with Crippen molar-refractivity contribution >= 4 is 51.8 Å². The second kappa shape index (κ2) is 9.11. The van der Waals surface area contributed by atoms with E-state index in [9.17, 15) is 9.59 Å². The third-order valence-corrected chi connectivity index (χ3v) is 5.14. The Hall–Kier alpha value is -2.84. The van der Waals surface area contributed by atoms with Crippen molar-refractivity contribution in [2.75, 3.05) is 25.0 Å². The molecular formula is C19H19Cl2N5O3. The number of carboxylic acid groups (broad SMARTS) is 1. The van der Waals surface area contributed by atoms with Gasteiger partial charge in [-0.1, -0.05) is 23.2 Å². The highest BCUT2D eigenvalue weighted by Crippen LogP contribution is 2.34. The van der Waals surface area contributed by atoms with Crippen molar-refractivity contribution in [1.29, 1.82) is 0 Å². The number of anilines is 1. The molecule has 0 saturated heterocycles. The maximum atomic E-state index is 11.7. The summed E-state index contributed by atoms with van der Waals surface area (Å²) in [6.45, 7) is 0.817. The normalized spacial score (nSPS) is 10.9. The minimum absolute atomic E-state index is 0.0494. The summed E-state index contributed by atoms with van der Waals surface area (Å²) < 4.78 is 1.86. The van der Waals surface area contributed by atoms with Gasteiger partial charge >= 0.3 is 5.97 Å². The molecule has 3 rings (SSSR count). The molecule has 29 heavy (non-hydrogen) atoms. The largest absolute Gasteiger partial charge is 0.481 e. The minimum atomic E-state index is -1.000. The molecule has 0 spiro atoms. The first-order valence-corrected chi connectivity index (χ1v) is 9.59. The molecule has 1 aromatic carbocycles. The van der Waals surface area contributed by atoms with Crippen LogP contribution >= 0.6 is 23.2 Å². The molecular weight excluding hydrogens is 417 g/mol. The van der Waals surface area contributed by atoms with Crippen LogP contribution in [-0.4, -0.2) is 51.7 Å². The van der Waals surface area contributed by atoms with E-state index in [0.29, 0.717) is 34.5 Å². The lowest BCUT2D eigenvalue weighted by Gasteiger charge is -2.21. The maximum absolute atomic E-state index is 11.7. The fourth-order valence-corrected chi connectivity index (χ4v) is 3.16. The summed E-state index contributed by atoms with van der Waals surface area (Å²) in [6, 6.07) is 5.49. The first kappa shape index (κ1) is 20.9. The molecule has 0 aliphatic heterocycles. The number of hydrogen-bond acceptors (Lipinski definition) is 5. The first-order valence-electron chi connectivity index (χ1n) is 8.83. The molecule has 8 nitrogen and oxygen atoms in total. The molecule has 0 bridgehead atoms. The number of aromatic nitrogens is 3. The summed E-state index contributed by atoms with van der Waals surface area (Å²) in [7, 11) is 1.84. The Bertz CT molecular complexity index is 1040. The third kappa shape index (κ3) is 4.96. The summed E-state index contributed by atoms with van der Waals surface area (Å²) >= 11 is 12.6. The third-order valence-electron chi connectivity index (χ3n) is 4.35. The van der Waals surface area contributed by atoms with Gasteiger partial charge in [0.25, 0.3) is 0 Å². The zero-order valence-corrected chi connectivity index (χ0v) is 17.1. The molecule has 0 unspecified atom stereocenters. The van der Waals surface area contributed by atoms with Crippen LogP contribution in [0.1, 0.15) is 12.8 Å². The fraction of sp³-hybridized carbons (Fsp3) is 0.263. The number of fused-ring (bicyclic) bond motifs is 1. The number of benzene rings is 1. The number of carboxylic acids is 1. The van der Waals surface area contributed by atoms with Crippen molar-refractivity contribution in [3.8, 4) is 5.69 Å². The highest BCUT2D eigenvalue weighted by Gasteiger charge is 2.15. The van der Waals surface area contributed by atoms with Gasteiger partial charge in [-0.05, 0) is 12.1 Å². The molecule has 2 N–H and O–H groups in total. The van der Waals surface area contributed by atoms with Gasteiger partial charge in [-0.3, -0.25) is 9.59 Å². The zero-order valence-electron chi connectivity index (χ0n) is 15.6. The molecule has 3 aromatic rings. The number of hydrogen-bond donors (Lipinski definition) is 2. The van der Waals surface area contributed by atoms with Gasteiger partial charge in [-0.2, -0.15) is 0 Å². The molecule has 0 atom stereocenters. The number of pyridine rings is 1. The predicted octanol–water partition coefficient (Wildman–Crippen LogP) is 3.14. The van der Waals surface area contributed by atoms with Crippen LogP contribution in [-0.2, 0) is 9.59 Å². The lowest BCUT2D eigenvalue weighted by atomic mass is 10.1. The predicted molar refractivity (Wildman–Crippen MR) is 112 cm³/mol. The van der Waals surface area contributed by atoms with E-state index >= 15 is 0 Å². The number of amides is 1. The van der Waals surface area contributed by atoms with Gasteiger partial charge in [-0.15, -0.1) is 0 Å². The number of halogens is 2. The van der Waals surface area contributed by atoms with E-state index in [0.717, 1.165) is 11.1 Å². The van der Waals surface area contributed by atoms with Crippen molar-refractivity contribution in [3.63, 3.8) is 0 Å². The summed E-state index contributed by atoms with van der Waals surface area (Å²) in [6.07, 6.45) is 4.95. The molecule has 152 valence electrons. The van der Waals surface area contributed by atoms with E-state index < -0.39 is 5.97 Å². The van der Waals surface area contributed by atoms with Crippen molar-refractivity contribution in [3.05, 3.63) is 47.0 Å². The summed E-state index contributed by atoms with van der Waals surface area (Å²) in [5, 5.41) is 12.9. The molecule has 0 fully saturated rings. The lowest BCUT2D eigenvalue weighted by Crippen LogP contribution is -2.33. The average Bonchev–Trinajstić information content (AvgIpc) is 3.23. The van der Waals surface area contributed by atoms with Crippen LogP contribution in [0.3, 0.4) is 0 Å². The van der Waals surface area contributed by atoms with Gasteiger partial charge in [-0.25, -0.2) is 9.97 Å². The van der Waals surface area contributed by atoms with Crippen LogP contribution in [0.5, 0.6) is 0 Å². The Morgan fingerprint density at radius 2 is 2.07 bits per heavy atom. The van der Waals surface area contributed by atoms with Crippen molar-refractivity contribution in [2.45, 2.75) is 12.8 Å². The van der Waals surface area contributed by atoms with Crippen molar-refractivity contribution < 1.29 is 14.7 Å². The van der Waals surface area contributed by atoms with Gasteiger partial charge < -0.3 is 19.9 Å². The molecule has 10 heteroatoms. The standard InChI is InChI=1S/C19H19Cl2N5O3/c1-25(8-7-23-16(27)4-5-17(28)29)15-10-14(26-9-6-22-11-26)12-2-3-13(20)18(21)19(12)24-15/h2-3,6,9-11H,4-5,7-8H2,1H3,(H,23,27)(H,28,29). The van der Waals surface area contributed by atoms with E-state index in [1.165, 1.54) is 0 Å². The van der Waals surface area contributed by atoms with Crippen LogP contribution in [0, 0.1) is 0 Å². The Morgan fingerprint density at radius 3 is 2.76 bits per heavy atom. The summed E-state index contributed by atoms with van der Waals surface area (Å²) in [5.74, 6) is -0.661.